The Morgan fingerprint density at radius 1 is 1.22 bits per heavy atom. The summed E-state index contributed by atoms with van der Waals surface area (Å²) in [5.41, 5.74) is 2.01. The summed E-state index contributed by atoms with van der Waals surface area (Å²) in [5.74, 6) is 0.627. The quantitative estimate of drug-likeness (QED) is 0.737. The maximum atomic E-state index is 4.47. The number of benzene rings is 1. The predicted molar refractivity (Wildman–Crippen MR) is 70.2 cm³/mol. The average molecular weight is 239 g/mol. The van der Waals surface area contributed by atoms with Crippen molar-refractivity contribution in [3.05, 3.63) is 48.4 Å². The molecule has 0 amide bonds. The van der Waals surface area contributed by atoms with Crippen LogP contribution in [-0.4, -0.2) is 20.2 Å². The lowest BCUT2D eigenvalue weighted by molar-refractivity contribution is 0.865. The number of fused-ring (bicyclic) bond motifs is 1. The Labute approximate surface area is 104 Å². The van der Waals surface area contributed by atoms with Crippen LogP contribution in [0.25, 0.3) is 10.9 Å². The zero-order valence-corrected chi connectivity index (χ0v) is 9.96. The van der Waals surface area contributed by atoms with Crippen LogP contribution < -0.4 is 5.32 Å². The molecule has 3 aromatic rings. The number of rotatable bonds is 3. The fraction of sp³-hybridized carbons (Fsp3) is 0.154. The molecule has 1 atom stereocenters. The van der Waals surface area contributed by atoms with E-state index in [9.17, 15) is 0 Å². The number of hydrogen-bond acceptors (Lipinski definition) is 4. The van der Waals surface area contributed by atoms with Crippen molar-refractivity contribution >= 4 is 16.9 Å². The van der Waals surface area contributed by atoms with Crippen molar-refractivity contribution < 1.29 is 0 Å². The van der Waals surface area contributed by atoms with Crippen molar-refractivity contribution in [3.63, 3.8) is 0 Å². The van der Waals surface area contributed by atoms with E-state index in [4.69, 9.17) is 0 Å². The average Bonchev–Trinajstić information content (AvgIpc) is 2.92. The Kier molecular flexibility index (Phi) is 2.64. The molecular weight excluding hydrogens is 226 g/mol. The number of nitrogens with zero attached hydrogens (tertiary/aromatic N) is 3. The summed E-state index contributed by atoms with van der Waals surface area (Å²) < 4.78 is 0. The maximum Gasteiger partial charge on any atom is 0.223 e. The van der Waals surface area contributed by atoms with Gasteiger partial charge in [-0.2, -0.15) is 5.10 Å². The van der Waals surface area contributed by atoms with Gasteiger partial charge in [-0.15, -0.1) is 0 Å². The standard InChI is InChI=1S/C13H13N5/c1-9(11-7-15-16-8-11)17-13-14-6-10-4-2-3-5-12(10)18-13/h2-9H,1H3,(H,15,16)(H,14,17,18). The summed E-state index contributed by atoms with van der Waals surface area (Å²) in [7, 11) is 0. The molecule has 18 heavy (non-hydrogen) atoms. The molecule has 0 saturated heterocycles. The lowest BCUT2D eigenvalue weighted by Crippen LogP contribution is -2.08. The van der Waals surface area contributed by atoms with Gasteiger partial charge in [0.2, 0.25) is 5.95 Å². The van der Waals surface area contributed by atoms with Gasteiger partial charge in [0.1, 0.15) is 0 Å². The van der Waals surface area contributed by atoms with Gasteiger partial charge in [-0.05, 0) is 13.0 Å². The number of aromatic amines is 1. The summed E-state index contributed by atoms with van der Waals surface area (Å²) in [6.45, 7) is 2.05. The van der Waals surface area contributed by atoms with E-state index < -0.39 is 0 Å². The molecular formula is C13H13N5. The van der Waals surface area contributed by atoms with Crippen molar-refractivity contribution in [3.8, 4) is 0 Å². The number of anilines is 1. The highest BCUT2D eigenvalue weighted by Crippen LogP contribution is 2.17. The first-order valence-electron chi connectivity index (χ1n) is 5.80. The van der Waals surface area contributed by atoms with Crippen molar-refractivity contribution in [1.29, 1.82) is 0 Å². The van der Waals surface area contributed by atoms with Crippen LogP contribution in [0.3, 0.4) is 0 Å². The summed E-state index contributed by atoms with van der Waals surface area (Å²) in [4.78, 5) is 8.78. The molecule has 90 valence electrons. The molecule has 0 bridgehead atoms. The van der Waals surface area contributed by atoms with Crippen LogP contribution in [0.1, 0.15) is 18.5 Å². The first kappa shape index (κ1) is 10.7. The molecule has 0 aliphatic heterocycles. The first-order chi connectivity index (χ1) is 8.83. The first-order valence-corrected chi connectivity index (χ1v) is 5.80. The van der Waals surface area contributed by atoms with Gasteiger partial charge in [-0.25, -0.2) is 9.97 Å². The predicted octanol–water partition coefficient (Wildman–Crippen LogP) is 2.53. The summed E-state index contributed by atoms with van der Waals surface area (Å²) in [6, 6.07) is 8.04. The lowest BCUT2D eigenvalue weighted by atomic mass is 10.2. The minimum atomic E-state index is 0.116. The van der Waals surface area contributed by atoms with Crippen LogP contribution in [0.4, 0.5) is 5.95 Å². The molecule has 0 aliphatic carbocycles. The van der Waals surface area contributed by atoms with E-state index in [2.05, 4.69) is 25.5 Å². The molecule has 0 radical (unpaired) electrons. The van der Waals surface area contributed by atoms with Crippen LogP contribution in [-0.2, 0) is 0 Å². The van der Waals surface area contributed by atoms with E-state index in [-0.39, 0.29) is 6.04 Å². The molecule has 5 heteroatoms. The van der Waals surface area contributed by atoms with Gasteiger partial charge in [0.25, 0.3) is 0 Å². The van der Waals surface area contributed by atoms with Crippen LogP contribution in [0.5, 0.6) is 0 Å². The highest BCUT2D eigenvalue weighted by Gasteiger charge is 2.08. The molecule has 2 aromatic heterocycles. The van der Waals surface area contributed by atoms with Crippen LogP contribution in [0.15, 0.2) is 42.9 Å². The van der Waals surface area contributed by atoms with Gasteiger partial charge in [0, 0.05) is 23.3 Å². The number of hydrogen-bond donors (Lipinski definition) is 2. The zero-order chi connectivity index (χ0) is 12.4. The molecule has 0 aliphatic rings. The largest absolute Gasteiger partial charge is 0.348 e. The SMILES string of the molecule is CC(Nc1ncc2ccccc2n1)c1cn[nH]c1. The van der Waals surface area contributed by atoms with E-state index in [1.54, 1.807) is 6.20 Å². The third-order valence-electron chi connectivity index (χ3n) is 2.85. The molecule has 2 heterocycles. The van der Waals surface area contributed by atoms with Gasteiger partial charge in [-0.1, -0.05) is 18.2 Å². The van der Waals surface area contributed by atoms with E-state index in [0.29, 0.717) is 5.95 Å². The fourth-order valence-corrected chi connectivity index (χ4v) is 1.82. The third kappa shape index (κ3) is 2.02. The second-order valence-corrected chi connectivity index (χ2v) is 4.15. The fourth-order valence-electron chi connectivity index (χ4n) is 1.82. The number of nitrogens with one attached hydrogen (secondary N) is 2. The molecule has 1 aromatic carbocycles. The number of aromatic nitrogens is 4. The van der Waals surface area contributed by atoms with E-state index in [1.807, 2.05) is 43.6 Å². The summed E-state index contributed by atoms with van der Waals surface area (Å²) in [5, 5.41) is 11.0. The molecule has 0 spiro atoms. The van der Waals surface area contributed by atoms with E-state index in [1.165, 1.54) is 0 Å². The highest BCUT2D eigenvalue weighted by atomic mass is 15.1. The molecule has 3 rings (SSSR count). The normalized spacial score (nSPS) is 12.5. The Morgan fingerprint density at radius 2 is 2.11 bits per heavy atom. The van der Waals surface area contributed by atoms with Gasteiger partial charge >= 0.3 is 0 Å². The van der Waals surface area contributed by atoms with Gasteiger partial charge in [-0.3, -0.25) is 5.10 Å². The Bertz CT molecular complexity index is 647. The monoisotopic (exact) mass is 239 g/mol. The second kappa shape index (κ2) is 4.44. The summed E-state index contributed by atoms with van der Waals surface area (Å²) >= 11 is 0. The molecule has 5 nitrogen and oxygen atoms in total. The van der Waals surface area contributed by atoms with Gasteiger partial charge in [0.15, 0.2) is 0 Å². The Morgan fingerprint density at radius 3 is 2.94 bits per heavy atom. The second-order valence-electron chi connectivity index (χ2n) is 4.15. The van der Waals surface area contributed by atoms with Crippen molar-refractivity contribution in [2.45, 2.75) is 13.0 Å². The minimum Gasteiger partial charge on any atom is -0.348 e. The van der Waals surface area contributed by atoms with Crippen LogP contribution in [0, 0.1) is 0 Å². The van der Waals surface area contributed by atoms with Crippen LogP contribution >= 0.6 is 0 Å². The van der Waals surface area contributed by atoms with E-state index in [0.717, 1.165) is 16.5 Å². The topological polar surface area (TPSA) is 66.5 Å². The smallest absolute Gasteiger partial charge is 0.223 e. The summed E-state index contributed by atoms with van der Waals surface area (Å²) in [6.07, 6.45) is 5.48. The molecule has 1 unspecified atom stereocenters. The minimum absolute atomic E-state index is 0.116. The van der Waals surface area contributed by atoms with Crippen LogP contribution in [0.2, 0.25) is 0 Å². The molecule has 0 saturated carbocycles. The number of H-pyrrole nitrogens is 1. The van der Waals surface area contributed by atoms with Gasteiger partial charge < -0.3 is 5.32 Å². The molecule has 2 N–H and O–H groups in total. The Balaban J connectivity index is 1.86. The Hall–Kier alpha value is -2.43. The highest BCUT2D eigenvalue weighted by molar-refractivity contribution is 5.78. The van der Waals surface area contributed by atoms with E-state index >= 15 is 0 Å². The molecule has 0 fully saturated rings. The maximum absolute atomic E-state index is 4.47. The van der Waals surface area contributed by atoms with Crippen molar-refractivity contribution in [2.75, 3.05) is 5.32 Å². The van der Waals surface area contributed by atoms with Crippen molar-refractivity contribution in [2.24, 2.45) is 0 Å². The number of para-hydroxylation sites is 1. The van der Waals surface area contributed by atoms with Gasteiger partial charge in [0.05, 0.1) is 17.8 Å². The van der Waals surface area contributed by atoms with Crippen molar-refractivity contribution in [1.82, 2.24) is 20.2 Å². The lowest BCUT2D eigenvalue weighted by Gasteiger charge is -2.11. The third-order valence-corrected chi connectivity index (χ3v) is 2.85. The zero-order valence-electron chi connectivity index (χ0n) is 9.96.